The van der Waals surface area contributed by atoms with E-state index in [4.69, 9.17) is 16.6 Å². The Morgan fingerprint density at radius 1 is 1.06 bits per heavy atom. The molecule has 0 aromatic carbocycles. The van der Waals surface area contributed by atoms with E-state index < -0.39 is 36.3 Å². The number of aromatic nitrogens is 6. The van der Waals surface area contributed by atoms with Crippen molar-refractivity contribution < 1.29 is 31.1 Å². The molecular weight excluding hydrogens is 678 g/mol. The van der Waals surface area contributed by atoms with E-state index in [1.54, 1.807) is 46.3 Å². The van der Waals surface area contributed by atoms with Gasteiger partial charge in [-0.1, -0.05) is 24.6 Å². The Labute approximate surface area is 282 Å². The molecule has 2 saturated heterocycles. The van der Waals surface area contributed by atoms with Gasteiger partial charge in [-0.15, -0.1) is 0 Å². The largest absolute Gasteiger partial charge is 0.412 e. The monoisotopic (exact) mass is 710 g/mol. The third-order valence-corrected chi connectivity index (χ3v) is 9.16. The number of allylic oxidation sites excluding steroid dienone is 2. The van der Waals surface area contributed by atoms with Gasteiger partial charge in [-0.25, -0.2) is 15.0 Å². The third kappa shape index (κ3) is 7.60. The van der Waals surface area contributed by atoms with Crippen molar-refractivity contribution in [1.29, 1.82) is 0 Å². The van der Waals surface area contributed by atoms with E-state index in [9.17, 15) is 31.1 Å². The summed E-state index contributed by atoms with van der Waals surface area (Å²) in [5, 5.41) is 7.16. The fraction of sp³-hybridized carbons (Fsp3) is 0.484. The van der Waals surface area contributed by atoms with E-state index in [1.165, 1.54) is 6.20 Å². The van der Waals surface area contributed by atoms with Crippen LogP contribution < -0.4 is 20.0 Å². The second-order valence-electron chi connectivity index (χ2n) is 12.3. The van der Waals surface area contributed by atoms with Gasteiger partial charge in [0, 0.05) is 74.6 Å². The fourth-order valence-corrected chi connectivity index (χ4v) is 6.62. The van der Waals surface area contributed by atoms with Gasteiger partial charge < -0.3 is 20.0 Å². The number of nitrogens with one attached hydrogen (secondary N) is 1. The topological polar surface area (TPSA) is 108 Å². The van der Waals surface area contributed by atoms with Crippen LogP contribution in [0.4, 0.5) is 44.1 Å². The summed E-state index contributed by atoms with van der Waals surface area (Å²) >= 11 is 6.62. The van der Waals surface area contributed by atoms with Crippen LogP contribution in [0.15, 0.2) is 54.3 Å². The maximum absolute atomic E-state index is 13.9. The van der Waals surface area contributed by atoms with Gasteiger partial charge >= 0.3 is 12.4 Å². The first-order valence-electron chi connectivity index (χ1n) is 15.6. The number of carbonyl (C=O) groups is 1. The summed E-state index contributed by atoms with van der Waals surface area (Å²) in [4.78, 5) is 35.5. The molecular formula is C31H33ClF6N10O. The molecule has 1 aliphatic carbocycles. The highest BCUT2D eigenvalue weighted by Gasteiger charge is 2.46. The molecule has 3 aromatic rings. The molecule has 6 rings (SSSR count). The van der Waals surface area contributed by atoms with Crippen molar-refractivity contribution in [3.05, 3.63) is 59.3 Å². The minimum Gasteiger partial charge on any atom is -0.353 e. The molecule has 3 unspecified atom stereocenters. The average Bonchev–Trinajstić information content (AvgIpc) is 3.69. The molecule has 18 heteroatoms. The van der Waals surface area contributed by atoms with E-state index in [2.05, 4.69) is 25.4 Å². The Hall–Kier alpha value is -4.41. The van der Waals surface area contributed by atoms with Gasteiger partial charge in [-0.3, -0.25) is 9.48 Å². The van der Waals surface area contributed by atoms with Gasteiger partial charge in [-0.2, -0.15) is 36.4 Å². The fourth-order valence-electron chi connectivity index (χ4n) is 6.42. The number of halogens is 7. The van der Waals surface area contributed by atoms with Crippen molar-refractivity contribution in [2.75, 3.05) is 47.4 Å². The van der Waals surface area contributed by atoms with Crippen molar-refractivity contribution >= 4 is 35.2 Å². The predicted molar refractivity (Wildman–Crippen MR) is 170 cm³/mol. The Morgan fingerprint density at radius 3 is 2.45 bits per heavy atom. The quantitative estimate of drug-likeness (QED) is 0.319. The lowest BCUT2D eigenvalue weighted by molar-refractivity contribution is -0.166. The van der Waals surface area contributed by atoms with Gasteiger partial charge in [-0.05, 0) is 30.9 Å². The van der Waals surface area contributed by atoms with Crippen LogP contribution in [-0.4, -0.2) is 92.8 Å². The van der Waals surface area contributed by atoms with Crippen LogP contribution in [0, 0.1) is 5.92 Å². The number of hydrogen-bond donors (Lipinski definition) is 1. The van der Waals surface area contributed by atoms with Crippen LogP contribution in [0.5, 0.6) is 0 Å². The normalized spacial score (nSPS) is 21.8. The predicted octanol–water partition coefficient (Wildman–Crippen LogP) is 5.12. The van der Waals surface area contributed by atoms with E-state index >= 15 is 0 Å². The summed E-state index contributed by atoms with van der Waals surface area (Å²) in [5.74, 6) is -1.60. The summed E-state index contributed by atoms with van der Waals surface area (Å²) in [7, 11) is 1.75. The lowest BCUT2D eigenvalue weighted by atomic mass is 9.89. The zero-order valence-corrected chi connectivity index (χ0v) is 27.3. The van der Waals surface area contributed by atoms with Crippen molar-refractivity contribution in [2.45, 2.75) is 50.6 Å². The smallest absolute Gasteiger partial charge is 0.353 e. The number of carbonyl (C=O) groups excluding carboxylic acids is 1. The summed E-state index contributed by atoms with van der Waals surface area (Å²) in [5.41, 5.74) is -0.0135. The molecule has 262 valence electrons. The van der Waals surface area contributed by atoms with Gasteiger partial charge in [0.2, 0.25) is 17.8 Å². The molecule has 2 fully saturated rings. The Bertz CT molecular complexity index is 1740. The molecule has 1 amide bonds. The maximum Gasteiger partial charge on any atom is 0.412 e. The number of piperazine rings is 1. The number of rotatable bonds is 8. The minimum atomic E-state index is -4.93. The molecule has 0 spiro atoms. The Balaban J connectivity index is 1.36. The van der Waals surface area contributed by atoms with Crippen LogP contribution in [0.3, 0.4) is 0 Å². The molecule has 0 radical (unpaired) electrons. The molecule has 0 bridgehead atoms. The first-order valence-corrected chi connectivity index (χ1v) is 16.0. The van der Waals surface area contributed by atoms with Crippen LogP contribution in [0.1, 0.15) is 26.2 Å². The maximum atomic E-state index is 13.9. The second kappa shape index (κ2) is 13.5. The summed E-state index contributed by atoms with van der Waals surface area (Å²) in [6, 6.07) is -0.615. The zero-order valence-electron chi connectivity index (χ0n) is 26.5. The lowest BCUT2D eigenvalue weighted by Crippen LogP contribution is -2.48. The van der Waals surface area contributed by atoms with Gasteiger partial charge in [0.1, 0.15) is 5.02 Å². The first kappa shape index (κ1) is 34.5. The molecule has 2 aliphatic heterocycles. The summed E-state index contributed by atoms with van der Waals surface area (Å²) in [6.07, 6.45) is -0.299. The Kier molecular flexibility index (Phi) is 9.48. The summed E-state index contributed by atoms with van der Waals surface area (Å²) < 4.78 is 84.7. The highest BCUT2D eigenvalue weighted by molar-refractivity contribution is 6.32. The summed E-state index contributed by atoms with van der Waals surface area (Å²) in [6.45, 7) is 2.91. The van der Waals surface area contributed by atoms with Crippen molar-refractivity contribution in [3.63, 3.8) is 0 Å². The Morgan fingerprint density at radius 2 is 1.82 bits per heavy atom. The molecule has 49 heavy (non-hydrogen) atoms. The zero-order chi connectivity index (χ0) is 35.1. The molecule has 0 saturated carbocycles. The minimum absolute atomic E-state index is 0.0719. The number of hydrogen-bond acceptors (Lipinski definition) is 9. The number of alkyl halides is 6. The van der Waals surface area contributed by atoms with Gasteiger partial charge in [0.05, 0.1) is 30.9 Å². The standard InChI is InChI=1S/C31H33ClF6N10O/c1-3-23-9-24(16-47(23)27-25(32)13-42-29(44-27)46-5-4-39-26(49)17-46)48(28-40-10-19(11-41-28)20-12-43-45(2)15-20)14-18-6-21(30(33,34)35)8-22(7-18)31(36,37)38/h6-7,10-13,15,21,23-24H,3-5,8-9,14,16-17H2,1-2H3,(H,39,49). The van der Waals surface area contributed by atoms with Crippen molar-refractivity contribution in [3.8, 4) is 11.1 Å². The van der Waals surface area contributed by atoms with Crippen molar-refractivity contribution in [2.24, 2.45) is 13.0 Å². The third-order valence-electron chi connectivity index (χ3n) is 8.90. The van der Waals surface area contributed by atoms with E-state index in [0.717, 1.165) is 17.7 Å². The van der Waals surface area contributed by atoms with Crippen LogP contribution in [-0.2, 0) is 11.8 Å². The van der Waals surface area contributed by atoms with Crippen molar-refractivity contribution in [1.82, 2.24) is 35.0 Å². The van der Waals surface area contributed by atoms with Crippen LogP contribution in [0.2, 0.25) is 5.02 Å². The van der Waals surface area contributed by atoms with Crippen LogP contribution in [0.25, 0.3) is 11.1 Å². The van der Waals surface area contributed by atoms with Crippen LogP contribution >= 0.6 is 11.6 Å². The molecule has 11 nitrogen and oxygen atoms in total. The molecule has 3 aliphatic rings. The number of amides is 1. The number of anilines is 3. The second-order valence-corrected chi connectivity index (χ2v) is 12.7. The lowest BCUT2D eigenvalue weighted by Gasteiger charge is -2.32. The molecule has 5 heterocycles. The van der Waals surface area contributed by atoms with Gasteiger partial charge in [0.25, 0.3) is 0 Å². The highest BCUT2D eigenvalue weighted by atomic mass is 35.5. The molecule has 3 atom stereocenters. The highest BCUT2D eigenvalue weighted by Crippen LogP contribution is 2.42. The average molecular weight is 711 g/mol. The van der Waals surface area contributed by atoms with E-state index in [0.29, 0.717) is 43.3 Å². The number of nitrogens with zero attached hydrogens (tertiary/aromatic N) is 9. The number of aryl methyl sites for hydroxylation is 1. The molecule has 3 aromatic heterocycles. The van der Waals surface area contributed by atoms with E-state index in [1.807, 2.05) is 11.8 Å². The first-order chi connectivity index (χ1) is 23.2. The SMILES string of the molecule is CCC1CC(N(CC2=CC(C(F)(F)F)CC(C(F)(F)F)=C2)c2ncc(-c3cnn(C)c3)cn2)CN1c1nc(N2CCNC(=O)C2)ncc1Cl. The molecule has 1 N–H and O–H groups in total. The van der Waals surface area contributed by atoms with E-state index in [-0.39, 0.29) is 48.1 Å². The van der Waals surface area contributed by atoms with Gasteiger partial charge in [0.15, 0.2) is 5.82 Å².